The molecule has 4 heteroatoms. The lowest BCUT2D eigenvalue weighted by Gasteiger charge is -2.21. The highest BCUT2D eigenvalue weighted by Crippen LogP contribution is 2.20. The van der Waals surface area contributed by atoms with Gasteiger partial charge in [0.25, 0.3) is 5.91 Å². The Kier molecular flexibility index (Phi) is 4.68. The Balaban J connectivity index is 2.12. The first-order chi connectivity index (χ1) is 10.1. The highest BCUT2D eigenvalue weighted by molar-refractivity contribution is 6.06. The summed E-state index contributed by atoms with van der Waals surface area (Å²) in [6.45, 7) is 9.86. The zero-order valence-electron chi connectivity index (χ0n) is 13.1. The molecule has 0 radical (unpaired) electrons. The van der Waals surface area contributed by atoms with Crippen molar-refractivity contribution in [1.82, 2.24) is 0 Å². The molecule has 21 heavy (non-hydrogen) atoms. The zero-order chi connectivity index (χ0) is 15.4. The predicted octanol–water partition coefficient (Wildman–Crippen LogP) is 3.99. The van der Waals surface area contributed by atoms with Gasteiger partial charge in [-0.05, 0) is 52.0 Å². The lowest BCUT2D eigenvalue weighted by Crippen LogP contribution is -2.21. The first kappa shape index (κ1) is 15.2. The van der Waals surface area contributed by atoms with Crippen molar-refractivity contribution in [3.05, 3.63) is 47.4 Å². The minimum Gasteiger partial charge on any atom is -0.469 e. The van der Waals surface area contributed by atoms with Crippen LogP contribution in [-0.2, 0) is 0 Å². The van der Waals surface area contributed by atoms with Crippen molar-refractivity contribution in [2.75, 3.05) is 23.3 Å². The second-order valence-corrected chi connectivity index (χ2v) is 5.02. The van der Waals surface area contributed by atoms with Gasteiger partial charge in [0, 0.05) is 30.0 Å². The van der Waals surface area contributed by atoms with Gasteiger partial charge in [-0.15, -0.1) is 0 Å². The molecule has 1 amide bonds. The van der Waals surface area contributed by atoms with Gasteiger partial charge in [-0.3, -0.25) is 4.79 Å². The molecule has 0 saturated heterocycles. The summed E-state index contributed by atoms with van der Waals surface area (Å²) in [4.78, 5) is 14.5. The van der Waals surface area contributed by atoms with E-state index in [1.54, 1.807) is 13.2 Å². The van der Waals surface area contributed by atoms with E-state index in [9.17, 15) is 4.79 Å². The Morgan fingerprint density at radius 3 is 2.24 bits per heavy atom. The van der Waals surface area contributed by atoms with Gasteiger partial charge in [0.15, 0.2) is 0 Å². The molecular formula is C17H22N2O2. The zero-order valence-corrected chi connectivity index (χ0v) is 13.1. The van der Waals surface area contributed by atoms with Crippen LogP contribution in [0.1, 0.15) is 35.5 Å². The largest absolute Gasteiger partial charge is 0.469 e. The van der Waals surface area contributed by atoms with Crippen molar-refractivity contribution < 1.29 is 9.21 Å². The van der Waals surface area contributed by atoms with E-state index in [-0.39, 0.29) is 5.91 Å². The summed E-state index contributed by atoms with van der Waals surface area (Å²) in [5, 5.41) is 2.91. The monoisotopic (exact) mass is 286 g/mol. The maximum atomic E-state index is 12.3. The number of aryl methyl sites for hydroxylation is 2. The molecule has 0 bridgehead atoms. The third kappa shape index (κ3) is 3.27. The van der Waals surface area contributed by atoms with Crippen LogP contribution in [-0.4, -0.2) is 19.0 Å². The number of hydrogen-bond acceptors (Lipinski definition) is 3. The van der Waals surface area contributed by atoms with Crippen molar-refractivity contribution in [3.63, 3.8) is 0 Å². The van der Waals surface area contributed by atoms with Crippen LogP contribution in [0.3, 0.4) is 0 Å². The number of anilines is 2. The quantitative estimate of drug-likeness (QED) is 0.903. The molecule has 4 nitrogen and oxygen atoms in total. The van der Waals surface area contributed by atoms with E-state index >= 15 is 0 Å². The van der Waals surface area contributed by atoms with Crippen molar-refractivity contribution in [1.29, 1.82) is 0 Å². The van der Waals surface area contributed by atoms with Crippen molar-refractivity contribution in [2.45, 2.75) is 27.7 Å². The van der Waals surface area contributed by atoms with Gasteiger partial charge in [-0.2, -0.15) is 0 Å². The molecule has 0 atom stereocenters. The second-order valence-electron chi connectivity index (χ2n) is 5.02. The number of carbonyl (C=O) groups excluding carboxylic acids is 1. The Labute approximate surface area is 125 Å². The molecule has 0 saturated carbocycles. The number of carbonyl (C=O) groups is 1. The normalized spacial score (nSPS) is 10.5. The van der Waals surface area contributed by atoms with Gasteiger partial charge in [0.1, 0.15) is 5.76 Å². The van der Waals surface area contributed by atoms with E-state index in [0.717, 1.165) is 30.0 Å². The molecule has 1 heterocycles. The smallest absolute Gasteiger partial charge is 0.259 e. The second kappa shape index (κ2) is 6.48. The average Bonchev–Trinajstić information content (AvgIpc) is 2.81. The summed E-state index contributed by atoms with van der Waals surface area (Å²) in [5.41, 5.74) is 3.41. The highest BCUT2D eigenvalue weighted by atomic mass is 16.3. The van der Waals surface area contributed by atoms with Crippen LogP contribution in [0.2, 0.25) is 0 Å². The maximum Gasteiger partial charge on any atom is 0.259 e. The molecular weight excluding hydrogens is 264 g/mol. The number of nitrogens with zero attached hydrogens (tertiary/aromatic N) is 1. The van der Waals surface area contributed by atoms with E-state index in [1.807, 2.05) is 31.2 Å². The fraction of sp³-hybridized carbons (Fsp3) is 0.353. The number of rotatable bonds is 5. The summed E-state index contributed by atoms with van der Waals surface area (Å²) in [6, 6.07) is 7.90. The van der Waals surface area contributed by atoms with Gasteiger partial charge in [-0.25, -0.2) is 0 Å². The maximum absolute atomic E-state index is 12.3. The standard InChI is InChI=1S/C17H22N2O2/c1-5-19(6-2)15-9-7-14(8-10-15)18-17(20)16-12(3)11-21-13(16)4/h7-11H,5-6H2,1-4H3,(H,18,20). The fourth-order valence-corrected chi connectivity index (χ4v) is 2.45. The van der Waals surface area contributed by atoms with Crippen LogP contribution >= 0.6 is 0 Å². The highest BCUT2D eigenvalue weighted by Gasteiger charge is 2.15. The molecule has 1 N–H and O–H groups in total. The van der Waals surface area contributed by atoms with E-state index in [4.69, 9.17) is 4.42 Å². The van der Waals surface area contributed by atoms with E-state index in [1.165, 1.54) is 0 Å². The van der Waals surface area contributed by atoms with Gasteiger partial charge in [-0.1, -0.05) is 0 Å². The van der Waals surface area contributed by atoms with Gasteiger partial charge < -0.3 is 14.6 Å². The summed E-state index contributed by atoms with van der Waals surface area (Å²) in [5.74, 6) is 0.513. The Morgan fingerprint density at radius 1 is 1.14 bits per heavy atom. The van der Waals surface area contributed by atoms with Crippen LogP contribution in [0.25, 0.3) is 0 Å². The van der Waals surface area contributed by atoms with Crippen LogP contribution in [0, 0.1) is 13.8 Å². The molecule has 0 aliphatic heterocycles. The van der Waals surface area contributed by atoms with E-state index in [0.29, 0.717) is 11.3 Å². The van der Waals surface area contributed by atoms with Gasteiger partial charge in [0.2, 0.25) is 0 Å². The number of benzene rings is 1. The van der Waals surface area contributed by atoms with Crippen LogP contribution in [0.5, 0.6) is 0 Å². The Morgan fingerprint density at radius 2 is 1.76 bits per heavy atom. The van der Waals surface area contributed by atoms with Crippen molar-refractivity contribution in [3.8, 4) is 0 Å². The summed E-state index contributed by atoms with van der Waals surface area (Å²) < 4.78 is 5.27. The molecule has 1 aromatic carbocycles. The third-order valence-corrected chi connectivity index (χ3v) is 3.64. The molecule has 0 fully saturated rings. The lowest BCUT2D eigenvalue weighted by molar-refractivity contribution is 0.102. The molecule has 1 aromatic heterocycles. The SMILES string of the molecule is CCN(CC)c1ccc(NC(=O)c2c(C)coc2C)cc1. The van der Waals surface area contributed by atoms with E-state index in [2.05, 4.69) is 24.1 Å². The molecule has 0 spiro atoms. The molecule has 112 valence electrons. The summed E-state index contributed by atoms with van der Waals surface area (Å²) in [6.07, 6.45) is 1.60. The lowest BCUT2D eigenvalue weighted by atomic mass is 10.1. The first-order valence-corrected chi connectivity index (χ1v) is 7.27. The number of amides is 1. The molecule has 2 rings (SSSR count). The predicted molar refractivity (Wildman–Crippen MR) is 86.1 cm³/mol. The van der Waals surface area contributed by atoms with Crippen LogP contribution < -0.4 is 10.2 Å². The summed E-state index contributed by atoms with van der Waals surface area (Å²) >= 11 is 0. The van der Waals surface area contributed by atoms with E-state index < -0.39 is 0 Å². The Bertz CT molecular complexity index is 591. The minimum absolute atomic E-state index is 0.130. The first-order valence-electron chi connectivity index (χ1n) is 7.27. The molecule has 0 aliphatic rings. The minimum atomic E-state index is -0.130. The summed E-state index contributed by atoms with van der Waals surface area (Å²) in [7, 11) is 0. The van der Waals surface area contributed by atoms with Gasteiger partial charge in [0.05, 0.1) is 11.8 Å². The fourth-order valence-electron chi connectivity index (χ4n) is 2.45. The number of hydrogen-bond donors (Lipinski definition) is 1. The molecule has 2 aromatic rings. The van der Waals surface area contributed by atoms with Crippen LogP contribution in [0.15, 0.2) is 34.9 Å². The topological polar surface area (TPSA) is 45.5 Å². The molecule has 0 aliphatic carbocycles. The van der Waals surface area contributed by atoms with Crippen LogP contribution in [0.4, 0.5) is 11.4 Å². The third-order valence-electron chi connectivity index (χ3n) is 3.64. The van der Waals surface area contributed by atoms with Crippen molar-refractivity contribution in [2.24, 2.45) is 0 Å². The Hall–Kier alpha value is -2.23. The average molecular weight is 286 g/mol. The number of furan rings is 1. The molecule has 0 unspecified atom stereocenters. The van der Waals surface area contributed by atoms with Gasteiger partial charge >= 0.3 is 0 Å². The number of nitrogens with one attached hydrogen (secondary N) is 1. The van der Waals surface area contributed by atoms with Crippen molar-refractivity contribution >= 4 is 17.3 Å².